The van der Waals surface area contributed by atoms with Gasteiger partial charge in [0, 0.05) is 16.3 Å². The van der Waals surface area contributed by atoms with E-state index >= 15 is 0 Å². The third kappa shape index (κ3) is 2.91. The first-order valence-corrected chi connectivity index (χ1v) is 7.84. The van der Waals surface area contributed by atoms with Gasteiger partial charge in [-0.25, -0.2) is 0 Å². The van der Waals surface area contributed by atoms with E-state index in [0.717, 1.165) is 10.9 Å². The highest BCUT2D eigenvalue weighted by atomic mass is 79.9. The lowest BCUT2D eigenvalue weighted by Crippen LogP contribution is -1.96. The van der Waals surface area contributed by atoms with Crippen LogP contribution in [0.3, 0.4) is 0 Å². The number of rotatable bonds is 4. The maximum absolute atomic E-state index is 10.8. The van der Waals surface area contributed by atoms with Crippen molar-refractivity contribution in [2.24, 2.45) is 0 Å². The van der Waals surface area contributed by atoms with Crippen LogP contribution in [0.25, 0.3) is 10.1 Å². The largest absolute Gasteiger partial charge is 0.487 e. The number of nitro benzene ring substituents is 1. The molecule has 0 atom stereocenters. The molecule has 0 spiro atoms. The smallest absolute Gasteiger partial charge is 0.273 e. The maximum atomic E-state index is 10.8. The fraction of sp³-hybridized carbons (Fsp3) is 0.0667. The van der Waals surface area contributed by atoms with Crippen LogP contribution in [0.1, 0.15) is 5.56 Å². The van der Waals surface area contributed by atoms with Crippen LogP contribution in [0.4, 0.5) is 5.69 Å². The Morgan fingerprint density at radius 3 is 2.86 bits per heavy atom. The monoisotopic (exact) mass is 363 g/mol. The van der Waals surface area contributed by atoms with Crippen molar-refractivity contribution in [2.45, 2.75) is 6.61 Å². The van der Waals surface area contributed by atoms with Crippen LogP contribution >= 0.6 is 27.3 Å². The molecule has 0 aliphatic rings. The van der Waals surface area contributed by atoms with Gasteiger partial charge >= 0.3 is 0 Å². The third-order valence-electron chi connectivity index (χ3n) is 3.07. The van der Waals surface area contributed by atoms with Crippen molar-refractivity contribution >= 4 is 43.0 Å². The molecule has 0 saturated carbocycles. The third-order valence-corrected chi connectivity index (χ3v) is 4.74. The zero-order valence-electron chi connectivity index (χ0n) is 10.8. The lowest BCUT2D eigenvalue weighted by molar-refractivity contribution is -0.385. The van der Waals surface area contributed by atoms with Gasteiger partial charge in [0.25, 0.3) is 5.69 Å². The first-order valence-electron chi connectivity index (χ1n) is 6.17. The van der Waals surface area contributed by atoms with Crippen molar-refractivity contribution in [3.05, 3.63) is 68.0 Å². The standard InChI is InChI=1S/C15H10BrNO3S/c16-13-6-5-11(17(18)19)7-14(13)20-8-10-9-21-15-4-2-1-3-12(10)15/h1-7,9H,8H2. The highest BCUT2D eigenvalue weighted by Gasteiger charge is 2.11. The molecular formula is C15H10BrNO3S. The number of ether oxygens (including phenoxy) is 1. The average molecular weight is 364 g/mol. The van der Waals surface area contributed by atoms with E-state index in [2.05, 4.69) is 27.4 Å². The summed E-state index contributed by atoms with van der Waals surface area (Å²) in [6.45, 7) is 0.379. The minimum Gasteiger partial charge on any atom is -0.487 e. The number of halogens is 1. The van der Waals surface area contributed by atoms with Crippen molar-refractivity contribution in [3.8, 4) is 5.75 Å². The topological polar surface area (TPSA) is 52.4 Å². The summed E-state index contributed by atoms with van der Waals surface area (Å²) >= 11 is 5.01. The first kappa shape index (κ1) is 14.0. The summed E-state index contributed by atoms with van der Waals surface area (Å²) in [5, 5.41) is 14.0. The van der Waals surface area contributed by atoms with Gasteiger partial charge in [-0.2, -0.15) is 0 Å². The first-order chi connectivity index (χ1) is 10.1. The lowest BCUT2D eigenvalue weighted by Gasteiger charge is -2.07. The Labute approximate surface area is 133 Å². The maximum Gasteiger partial charge on any atom is 0.273 e. The van der Waals surface area contributed by atoms with Gasteiger partial charge in [0.1, 0.15) is 12.4 Å². The van der Waals surface area contributed by atoms with E-state index < -0.39 is 4.92 Å². The Balaban J connectivity index is 1.84. The number of nitro groups is 1. The minimum absolute atomic E-state index is 0.0170. The molecule has 6 heteroatoms. The quantitative estimate of drug-likeness (QED) is 0.475. The summed E-state index contributed by atoms with van der Waals surface area (Å²) in [5.74, 6) is 0.472. The predicted molar refractivity (Wildman–Crippen MR) is 87.0 cm³/mol. The number of hydrogen-bond donors (Lipinski definition) is 0. The molecule has 21 heavy (non-hydrogen) atoms. The van der Waals surface area contributed by atoms with Gasteiger partial charge in [-0.15, -0.1) is 11.3 Å². The molecule has 0 amide bonds. The number of nitrogens with zero attached hydrogens (tertiary/aromatic N) is 1. The summed E-state index contributed by atoms with van der Waals surface area (Å²) < 4.78 is 7.64. The van der Waals surface area contributed by atoms with E-state index in [1.807, 2.05) is 18.2 Å². The molecule has 0 fully saturated rings. The van der Waals surface area contributed by atoms with E-state index in [1.165, 1.54) is 16.8 Å². The van der Waals surface area contributed by atoms with E-state index in [0.29, 0.717) is 16.8 Å². The summed E-state index contributed by atoms with van der Waals surface area (Å²) in [6, 6.07) is 12.6. The van der Waals surface area contributed by atoms with Crippen molar-refractivity contribution in [2.75, 3.05) is 0 Å². The van der Waals surface area contributed by atoms with Crippen LogP contribution in [0, 0.1) is 10.1 Å². The van der Waals surface area contributed by atoms with Gasteiger partial charge in [-0.05, 0) is 38.8 Å². The van der Waals surface area contributed by atoms with E-state index in [1.54, 1.807) is 17.4 Å². The van der Waals surface area contributed by atoms with Gasteiger partial charge in [-0.1, -0.05) is 18.2 Å². The second-order valence-corrected chi connectivity index (χ2v) is 6.18. The molecule has 1 heterocycles. The van der Waals surface area contributed by atoms with Crippen LogP contribution in [0.2, 0.25) is 0 Å². The van der Waals surface area contributed by atoms with Gasteiger partial charge in [0.2, 0.25) is 0 Å². The lowest BCUT2D eigenvalue weighted by atomic mass is 10.2. The molecule has 3 rings (SSSR count). The van der Waals surface area contributed by atoms with Crippen LogP contribution in [-0.2, 0) is 6.61 Å². The van der Waals surface area contributed by atoms with Crippen molar-refractivity contribution in [3.63, 3.8) is 0 Å². The molecule has 0 N–H and O–H groups in total. The zero-order chi connectivity index (χ0) is 14.8. The van der Waals surface area contributed by atoms with E-state index in [4.69, 9.17) is 4.74 Å². The number of benzene rings is 2. The Kier molecular flexibility index (Phi) is 3.90. The Bertz CT molecular complexity index is 816. The number of thiophene rings is 1. The summed E-state index contributed by atoms with van der Waals surface area (Å²) in [5.41, 5.74) is 1.09. The molecule has 0 saturated heterocycles. The van der Waals surface area contributed by atoms with E-state index in [-0.39, 0.29) is 5.69 Å². The molecule has 2 aromatic carbocycles. The second-order valence-electron chi connectivity index (χ2n) is 4.42. The second kappa shape index (κ2) is 5.83. The van der Waals surface area contributed by atoms with Crippen LogP contribution in [-0.4, -0.2) is 4.92 Å². The van der Waals surface area contributed by atoms with Crippen molar-refractivity contribution in [1.82, 2.24) is 0 Å². The molecule has 1 aromatic heterocycles. The number of non-ortho nitro benzene ring substituents is 1. The highest BCUT2D eigenvalue weighted by molar-refractivity contribution is 9.10. The van der Waals surface area contributed by atoms with Gasteiger partial charge in [0.15, 0.2) is 0 Å². The van der Waals surface area contributed by atoms with Crippen LogP contribution < -0.4 is 4.74 Å². The zero-order valence-corrected chi connectivity index (χ0v) is 13.2. The Morgan fingerprint density at radius 2 is 2.05 bits per heavy atom. The van der Waals surface area contributed by atoms with Crippen molar-refractivity contribution in [1.29, 1.82) is 0 Å². The fourth-order valence-corrected chi connectivity index (χ4v) is 3.32. The molecule has 4 nitrogen and oxygen atoms in total. The Morgan fingerprint density at radius 1 is 1.24 bits per heavy atom. The molecule has 0 unspecified atom stereocenters. The highest BCUT2D eigenvalue weighted by Crippen LogP contribution is 2.31. The fourth-order valence-electron chi connectivity index (χ4n) is 2.02. The van der Waals surface area contributed by atoms with Crippen LogP contribution in [0.5, 0.6) is 5.75 Å². The summed E-state index contributed by atoms with van der Waals surface area (Å²) in [6.07, 6.45) is 0. The molecule has 0 bridgehead atoms. The van der Waals surface area contributed by atoms with Crippen molar-refractivity contribution < 1.29 is 9.66 Å². The van der Waals surface area contributed by atoms with Gasteiger partial charge in [0.05, 0.1) is 15.5 Å². The van der Waals surface area contributed by atoms with Gasteiger partial charge < -0.3 is 4.74 Å². The predicted octanol–water partition coefficient (Wildman–Crippen LogP) is 5.15. The minimum atomic E-state index is -0.431. The molecule has 0 aliphatic heterocycles. The SMILES string of the molecule is O=[N+]([O-])c1ccc(Br)c(OCc2csc3ccccc23)c1. The molecule has 0 aliphatic carbocycles. The number of hydrogen-bond acceptors (Lipinski definition) is 4. The van der Waals surface area contributed by atoms with E-state index in [9.17, 15) is 10.1 Å². The summed E-state index contributed by atoms with van der Waals surface area (Å²) in [7, 11) is 0. The average Bonchev–Trinajstić information content (AvgIpc) is 2.89. The molecule has 106 valence electrons. The normalized spacial score (nSPS) is 10.7. The molecular weight excluding hydrogens is 354 g/mol. The summed E-state index contributed by atoms with van der Waals surface area (Å²) in [4.78, 5) is 10.4. The molecule has 3 aromatic rings. The van der Waals surface area contributed by atoms with Gasteiger partial charge in [-0.3, -0.25) is 10.1 Å². The molecule has 0 radical (unpaired) electrons. The van der Waals surface area contributed by atoms with Crippen LogP contribution in [0.15, 0.2) is 52.3 Å². The number of fused-ring (bicyclic) bond motifs is 1. The Hall–Kier alpha value is -1.92.